The standard InChI is InChI=1S/C15H25N3O3S/c1-4-18(5-2)22(20,21)14-8-6-7-13(11-14)15(19)17-10-9-12(3)16/h6-8,11-12H,4-5,9-10,16H2,1-3H3,(H,17,19). The highest BCUT2D eigenvalue weighted by Crippen LogP contribution is 2.16. The normalized spacial score (nSPS) is 13.1. The Morgan fingerprint density at radius 2 is 1.95 bits per heavy atom. The van der Waals surface area contributed by atoms with Crippen LogP contribution in [0.5, 0.6) is 0 Å². The minimum atomic E-state index is -3.56. The molecule has 1 aromatic rings. The van der Waals surface area contributed by atoms with Crippen molar-refractivity contribution in [3.63, 3.8) is 0 Å². The molecule has 22 heavy (non-hydrogen) atoms. The van der Waals surface area contributed by atoms with Gasteiger partial charge in [0.05, 0.1) is 4.90 Å². The Balaban J connectivity index is 2.92. The van der Waals surface area contributed by atoms with E-state index in [0.717, 1.165) is 0 Å². The zero-order chi connectivity index (χ0) is 16.8. The highest BCUT2D eigenvalue weighted by molar-refractivity contribution is 7.89. The van der Waals surface area contributed by atoms with Crippen LogP contribution in [0.15, 0.2) is 29.2 Å². The Morgan fingerprint density at radius 1 is 1.32 bits per heavy atom. The summed E-state index contributed by atoms with van der Waals surface area (Å²) in [6.45, 7) is 6.68. The van der Waals surface area contributed by atoms with Gasteiger partial charge < -0.3 is 11.1 Å². The van der Waals surface area contributed by atoms with Gasteiger partial charge in [-0.2, -0.15) is 4.31 Å². The largest absolute Gasteiger partial charge is 0.352 e. The fourth-order valence-electron chi connectivity index (χ4n) is 2.03. The number of nitrogens with zero attached hydrogens (tertiary/aromatic N) is 1. The van der Waals surface area contributed by atoms with Gasteiger partial charge in [-0.25, -0.2) is 8.42 Å². The molecule has 0 aliphatic heterocycles. The van der Waals surface area contributed by atoms with Gasteiger partial charge in [-0.3, -0.25) is 4.79 Å². The van der Waals surface area contributed by atoms with E-state index in [0.29, 0.717) is 31.6 Å². The van der Waals surface area contributed by atoms with Gasteiger partial charge in [0.2, 0.25) is 10.0 Å². The maximum Gasteiger partial charge on any atom is 0.251 e. The van der Waals surface area contributed by atoms with E-state index in [-0.39, 0.29) is 16.8 Å². The molecule has 124 valence electrons. The molecule has 0 spiro atoms. The van der Waals surface area contributed by atoms with Gasteiger partial charge in [0.15, 0.2) is 0 Å². The first-order chi connectivity index (χ1) is 10.3. The van der Waals surface area contributed by atoms with Crippen LogP contribution in [0.4, 0.5) is 0 Å². The van der Waals surface area contributed by atoms with Crippen molar-refractivity contribution < 1.29 is 13.2 Å². The molecule has 3 N–H and O–H groups in total. The molecule has 7 heteroatoms. The molecular formula is C15H25N3O3S. The van der Waals surface area contributed by atoms with Gasteiger partial charge in [0.1, 0.15) is 0 Å². The SMILES string of the molecule is CCN(CC)S(=O)(=O)c1cccc(C(=O)NCCC(C)N)c1. The first kappa shape index (κ1) is 18.6. The number of hydrogen-bond donors (Lipinski definition) is 2. The molecule has 1 rings (SSSR count). The Kier molecular flexibility index (Phi) is 6.99. The Bertz CT molecular complexity index is 596. The van der Waals surface area contributed by atoms with E-state index in [1.165, 1.54) is 16.4 Å². The predicted octanol–water partition coefficient (Wildman–Crippen LogP) is 1.18. The van der Waals surface area contributed by atoms with Crippen LogP contribution in [0.3, 0.4) is 0 Å². The van der Waals surface area contributed by atoms with Crippen LogP contribution in [0.25, 0.3) is 0 Å². The summed E-state index contributed by atoms with van der Waals surface area (Å²) < 4.78 is 26.3. The molecular weight excluding hydrogens is 302 g/mol. The lowest BCUT2D eigenvalue weighted by molar-refractivity contribution is 0.0952. The summed E-state index contributed by atoms with van der Waals surface area (Å²) in [5.41, 5.74) is 5.96. The fraction of sp³-hybridized carbons (Fsp3) is 0.533. The highest BCUT2D eigenvalue weighted by Gasteiger charge is 2.22. The number of carbonyl (C=O) groups excluding carboxylic acids is 1. The summed E-state index contributed by atoms with van der Waals surface area (Å²) in [5, 5.41) is 2.74. The maximum absolute atomic E-state index is 12.5. The molecule has 1 aromatic carbocycles. The summed E-state index contributed by atoms with van der Waals surface area (Å²) in [6.07, 6.45) is 0.670. The van der Waals surface area contributed by atoms with E-state index in [1.807, 2.05) is 6.92 Å². The summed E-state index contributed by atoms with van der Waals surface area (Å²) in [5.74, 6) is -0.294. The molecule has 0 bridgehead atoms. The molecule has 0 aliphatic carbocycles. The molecule has 1 amide bonds. The number of amides is 1. The van der Waals surface area contributed by atoms with Crippen LogP contribution in [0, 0.1) is 0 Å². The maximum atomic E-state index is 12.5. The van der Waals surface area contributed by atoms with Gasteiger partial charge in [-0.05, 0) is 31.5 Å². The second-order valence-corrected chi connectivity index (χ2v) is 7.08. The summed E-state index contributed by atoms with van der Waals surface area (Å²) in [6, 6.07) is 6.11. The van der Waals surface area contributed by atoms with Crippen molar-refractivity contribution in [1.82, 2.24) is 9.62 Å². The van der Waals surface area contributed by atoms with Crippen LogP contribution >= 0.6 is 0 Å². The molecule has 0 aromatic heterocycles. The zero-order valence-corrected chi connectivity index (χ0v) is 14.2. The molecule has 0 fully saturated rings. The first-order valence-corrected chi connectivity index (χ1v) is 8.90. The summed E-state index contributed by atoms with van der Waals surface area (Å²) in [7, 11) is -3.56. The molecule has 0 heterocycles. The van der Waals surface area contributed by atoms with Crippen LogP contribution in [-0.4, -0.2) is 44.3 Å². The zero-order valence-electron chi connectivity index (χ0n) is 13.4. The van der Waals surface area contributed by atoms with Crippen LogP contribution < -0.4 is 11.1 Å². The smallest absolute Gasteiger partial charge is 0.251 e. The van der Waals surface area contributed by atoms with E-state index >= 15 is 0 Å². The van der Waals surface area contributed by atoms with Gasteiger partial charge in [0, 0.05) is 31.2 Å². The van der Waals surface area contributed by atoms with E-state index in [9.17, 15) is 13.2 Å². The second kappa shape index (κ2) is 8.26. The van der Waals surface area contributed by atoms with E-state index in [1.54, 1.807) is 26.0 Å². The topological polar surface area (TPSA) is 92.5 Å². The average molecular weight is 327 g/mol. The van der Waals surface area contributed by atoms with Gasteiger partial charge >= 0.3 is 0 Å². The van der Waals surface area contributed by atoms with Crippen molar-refractivity contribution in [3.05, 3.63) is 29.8 Å². The van der Waals surface area contributed by atoms with E-state index < -0.39 is 10.0 Å². The summed E-state index contributed by atoms with van der Waals surface area (Å²) >= 11 is 0. The molecule has 0 radical (unpaired) electrons. The molecule has 6 nitrogen and oxygen atoms in total. The molecule has 0 saturated heterocycles. The average Bonchev–Trinajstić information content (AvgIpc) is 2.48. The number of rotatable bonds is 8. The molecule has 0 saturated carbocycles. The highest BCUT2D eigenvalue weighted by atomic mass is 32.2. The van der Waals surface area contributed by atoms with Crippen LogP contribution in [-0.2, 0) is 10.0 Å². The van der Waals surface area contributed by atoms with Gasteiger partial charge in [-0.15, -0.1) is 0 Å². The predicted molar refractivity (Wildman–Crippen MR) is 87.1 cm³/mol. The third-order valence-corrected chi connectivity index (χ3v) is 5.37. The van der Waals surface area contributed by atoms with Crippen molar-refractivity contribution in [1.29, 1.82) is 0 Å². The molecule has 1 unspecified atom stereocenters. The molecule has 0 aliphatic rings. The minimum absolute atomic E-state index is 0.00896. The molecule has 1 atom stereocenters. The van der Waals surface area contributed by atoms with Gasteiger partial charge in [0.25, 0.3) is 5.91 Å². The number of benzene rings is 1. The number of hydrogen-bond acceptors (Lipinski definition) is 4. The fourth-order valence-corrected chi connectivity index (χ4v) is 3.53. The van der Waals surface area contributed by atoms with Crippen molar-refractivity contribution >= 4 is 15.9 Å². The minimum Gasteiger partial charge on any atom is -0.352 e. The van der Waals surface area contributed by atoms with E-state index in [4.69, 9.17) is 5.73 Å². The van der Waals surface area contributed by atoms with Crippen molar-refractivity contribution in [2.75, 3.05) is 19.6 Å². The lowest BCUT2D eigenvalue weighted by Gasteiger charge is -2.18. The van der Waals surface area contributed by atoms with Crippen LogP contribution in [0.1, 0.15) is 37.6 Å². The number of sulfonamides is 1. The lowest BCUT2D eigenvalue weighted by atomic mass is 10.2. The number of carbonyl (C=O) groups is 1. The van der Waals surface area contributed by atoms with Crippen LogP contribution in [0.2, 0.25) is 0 Å². The third kappa shape index (κ3) is 4.79. The summed E-state index contributed by atoms with van der Waals surface area (Å²) in [4.78, 5) is 12.2. The lowest BCUT2D eigenvalue weighted by Crippen LogP contribution is -2.31. The Morgan fingerprint density at radius 3 is 2.50 bits per heavy atom. The van der Waals surface area contributed by atoms with Gasteiger partial charge in [-0.1, -0.05) is 19.9 Å². The van der Waals surface area contributed by atoms with Crippen molar-refractivity contribution in [3.8, 4) is 0 Å². The number of nitrogens with one attached hydrogen (secondary N) is 1. The van der Waals surface area contributed by atoms with Crippen molar-refractivity contribution in [2.24, 2.45) is 5.73 Å². The van der Waals surface area contributed by atoms with Crippen molar-refractivity contribution in [2.45, 2.75) is 38.1 Å². The monoisotopic (exact) mass is 327 g/mol. The Hall–Kier alpha value is -1.44. The quantitative estimate of drug-likeness (QED) is 0.750. The third-order valence-electron chi connectivity index (χ3n) is 3.32. The Labute approximate surface area is 132 Å². The first-order valence-electron chi connectivity index (χ1n) is 7.46. The second-order valence-electron chi connectivity index (χ2n) is 5.14. The van der Waals surface area contributed by atoms with E-state index in [2.05, 4.69) is 5.32 Å². The number of nitrogens with two attached hydrogens (primary N) is 1.